The Morgan fingerprint density at radius 3 is 2.26 bits per heavy atom. The molecule has 0 aliphatic rings. The maximum atomic E-state index is 11.6. The van der Waals surface area contributed by atoms with Crippen molar-refractivity contribution in [3.63, 3.8) is 0 Å². The van der Waals surface area contributed by atoms with Crippen molar-refractivity contribution < 1.29 is 34.8 Å². The number of rotatable bonds is 7. The summed E-state index contributed by atoms with van der Waals surface area (Å²) < 4.78 is 0. The van der Waals surface area contributed by atoms with E-state index in [-0.39, 0.29) is 22.6 Å². The molecule has 2 unspecified atom stereocenters. The number of Topliss-reactive ketones (excluding diaryl/α,β-unsaturated/α-hetero) is 1. The zero-order valence-corrected chi connectivity index (χ0v) is 10.5. The summed E-state index contributed by atoms with van der Waals surface area (Å²) >= 11 is 0.831. The number of carboxylic acids is 2. The van der Waals surface area contributed by atoms with Crippen LogP contribution in [0.25, 0.3) is 0 Å². The maximum absolute atomic E-state index is 11.6. The second kappa shape index (κ2) is 6.41. The van der Waals surface area contributed by atoms with Crippen LogP contribution in [0.4, 0.5) is 0 Å². The number of carboxylic acid groups (broad SMARTS) is 2. The highest BCUT2D eigenvalue weighted by Crippen LogP contribution is 2.26. The van der Waals surface area contributed by atoms with Gasteiger partial charge in [-0.15, -0.1) is 11.3 Å². The lowest BCUT2D eigenvalue weighted by Gasteiger charge is -2.11. The fraction of sp³-hybridized carbons (Fsp3) is 0.364. The zero-order valence-electron chi connectivity index (χ0n) is 9.65. The summed E-state index contributed by atoms with van der Waals surface area (Å²) in [7, 11) is 0. The Labute approximate surface area is 111 Å². The number of aliphatic carboxylic acids is 2. The van der Waals surface area contributed by atoms with Gasteiger partial charge in [-0.05, 0) is 12.1 Å². The molecule has 2 atom stereocenters. The van der Waals surface area contributed by atoms with Gasteiger partial charge < -0.3 is 20.4 Å². The molecule has 0 saturated carbocycles. The van der Waals surface area contributed by atoms with E-state index in [9.17, 15) is 19.5 Å². The molecule has 1 aromatic rings. The summed E-state index contributed by atoms with van der Waals surface area (Å²) in [6, 6.07) is 2.69. The Morgan fingerprint density at radius 2 is 1.74 bits per heavy atom. The minimum atomic E-state index is -1.97. The lowest BCUT2D eigenvalue weighted by Crippen LogP contribution is -2.26. The van der Waals surface area contributed by atoms with Crippen molar-refractivity contribution in [3.8, 4) is 0 Å². The number of aliphatic hydroxyl groups is 2. The zero-order chi connectivity index (χ0) is 14.6. The first kappa shape index (κ1) is 15.3. The van der Waals surface area contributed by atoms with E-state index >= 15 is 0 Å². The van der Waals surface area contributed by atoms with E-state index in [1.54, 1.807) is 0 Å². The van der Waals surface area contributed by atoms with Crippen molar-refractivity contribution in [2.45, 2.75) is 25.0 Å². The molecule has 8 heteroatoms. The number of carbonyl (C=O) groups is 3. The number of hydrogen-bond donors (Lipinski definition) is 4. The minimum Gasteiger partial charge on any atom is -0.481 e. The van der Waals surface area contributed by atoms with E-state index in [0.717, 1.165) is 11.3 Å². The molecule has 0 aliphatic carbocycles. The van der Waals surface area contributed by atoms with Crippen LogP contribution in [0.1, 0.15) is 33.5 Å². The first-order valence-electron chi connectivity index (χ1n) is 5.26. The average Bonchev–Trinajstić information content (AvgIpc) is 2.83. The normalized spacial score (nSPS) is 13.8. The van der Waals surface area contributed by atoms with Crippen LogP contribution in [-0.2, 0) is 9.59 Å². The molecular weight excluding hydrogens is 276 g/mol. The third kappa shape index (κ3) is 4.12. The highest BCUT2D eigenvalue weighted by molar-refractivity contribution is 7.14. The molecule has 7 nitrogen and oxygen atoms in total. The van der Waals surface area contributed by atoms with Crippen LogP contribution in [0.15, 0.2) is 12.1 Å². The van der Waals surface area contributed by atoms with Crippen LogP contribution in [0, 0.1) is 0 Å². The van der Waals surface area contributed by atoms with Gasteiger partial charge in [0.25, 0.3) is 0 Å². The molecule has 104 valence electrons. The highest BCUT2D eigenvalue weighted by atomic mass is 32.1. The Hall–Kier alpha value is -1.77. The summed E-state index contributed by atoms with van der Waals surface area (Å²) in [6.45, 7) is 0. The van der Waals surface area contributed by atoms with Gasteiger partial charge in [0.15, 0.2) is 11.9 Å². The van der Waals surface area contributed by atoms with Crippen LogP contribution in [0.2, 0.25) is 0 Å². The Bertz CT molecular complexity index is 493. The highest BCUT2D eigenvalue weighted by Gasteiger charge is 2.27. The fourth-order valence-corrected chi connectivity index (χ4v) is 2.29. The molecule has 19 heavy (non-hydrogen) atoms. The average molecular weight is 288 g/mol. The number of carbonyl (C=O) groups excluding carboxylic acids is 1. The molecule has 0 radical (unpaired) electrons. The Kier molecular flexibility index (Phi) is 5.16. The van der Waals surface area contributed by atoms with Crippen LogP contribution in [0.5, 0.6) is 0 Å². The quantitative estimate of drug-likeness (QED) is 0.529. The van der Waals surface area contributed by atoms with Crippen LogP contribution in [-0.4, -0.2) is 44.3 Å². The standard InChI is InChI=1S/C11H12O7S/c12-5(1-4-8(13)14)6-2-3-7(19-6)9(15)10(16)11(17)18/h2-3,9-10,15-16H,1,4H2,(H,13,14)(H,17,18). The molecular formula is C11H12O7S. The molecule has 0 aliphatic heterocycles. The largest absolute Gasteiger partial charge is 0.481 e. The van der Waals surface area contributed by atoms with Crippen molar-refractivity contribution in [2.24, 2.45) is 0 Å². The Morgan fingerprint density at radius 1 is 1.11 bits per heavy atom. The Balaban J connectivity index is 2.74. The van der Waals surface area contributed by atoms with Crippen molar-refractivity contribution >= 4 is 29.1 Å². The van der Waals surface area contributed by atoms with Crippen LogP contribution < -0.4 is 0 Å². The summed E-state index contributed by atoms with van der Waals surface area (Å²) in [5.74, 6) is -3.07. The second-order valence-electron chi connectivity index (χ2n) is 3.75. The van der Waals surface area contributed by atoms with Gasteiger partial charge in [0.05, 0.1) is 11.3 Å². The molecule has 0 fully saturated rings. The molecule has 0 amide bonds. The minimum absolute atomic E-state index is 0.133. The van der Waals surface area contributed by atoms with E-state index in [1.165, 1.54) is 12.1 Å². The SMILES string of the molecule is O=C(O)CCC(=O)c1ccc(C(O)C(O)C(=O)O)s1. The summed E-state index contributed by atoms with van der Waals surface area (Å²) in [5, 5.41) is 35.7. The van der Waals surface area contributed by atoms with Gasteiger partial charge in [-0.2, -0.15) is 0 Å². The lowest BCUT2D eigenvalue weighted by atomic mass is 10.1. The van der Waals surface area contributed by atoms with Gasteiger partial charge in [-0.25, -0.2) is 4.79 Å². The number of ketones is 1. The summed E-state index contributed by atoms with van der Waals surface area (Å²) in [4.78, 5) is 32.7. The molecule has 4 N–H and O–H groups in total. The van der Waals surface area contributed by atoms with E-state index in [0.29, 0.717) is 0 Å². The first-order valence-corrected chi connectivity index (χ1v) is 6.08. The lowest BCUT2D eigenvalue weighted by molar-refractivity contribution is -0.152. The van der Waals surface area contributed by atoms with Gasteiger partial charge in [0.2, 0.25) is 0 Å². The van der Waals surface area contributed by atoms with Gasteiger partial charge in [-0.1, -0.05) is 0 Å². The van der Waals surface area contributed by atoms with Crippen LogP contribution >= 0.6 is 11.3 Å². The number of aliphatic hydroxyl groups excluding tert-OH is 2. The first-order chi connectivity index (χ1) is 8.82. The molecule has 0 bridgehead atoms. The molecule has 0 aromatic carbocycles. The summed E-state index contributed by atoms with van der Waals surface area (Å²) in [6.07, 6.45) is -4.07. The maximum Gasteiger partial charge on any atom is 0.335 e. The third-order valence-corrected chi connectivity index (χ3v) is 3.51. The number of hydrogen-bond acceptors (Lipinski definition) is 6. The van der Waals surface area contributed by atoms with Crippen LogP contribution in [0.3, 0.4) is 0 Å². The number of thiophene rings is 1. The topological polar surface area (TPSA) is 132 Å². The van der Waals surface area contributed by atoms with E-state index in [4.69, 9.17) is 15.3 Å². The molecule has 1 aromatic heterocycles. The monoisotopic (exact) mass is 288 g/mol. The smallest absolute Gasteiger partial charge is 0.335 e. The van der Waals surface area contributed by atoms with Crippen molar-refractivity contribution in [3.05, 3.63) is 21.9 Å². The fourth-order valence-electron chi connectivity index (χ4n) is 1.30. The van der Waals surface area contributed by atoms with E-state index in [2.05, 4.69) is 0 Å². The molecule has 1 heterocycles. The molecule has 1 rings (SSSR count). The predicted octanol–water partition coefficient (Wildman–Crippen LogP) is 0.274. The molecule has 0 saturated heterocycles. The van der Waals surface area contributed by atoms with E-state index < -0.39 is 29.9 Å². The summed E-state index contributed by atoms with van der Waals surface area (Å²) in [5.41, 5.74) is 0. The van der Waals surface area contributed by atoms with Gasteiger partial charge >= 0.3 is 11.9 Å². The predicted molar refractivity (Wildman–Crippen MR) is 64.1 cm³/mol. The second-order valence-corrected chi connectivity index (χ2v) is 4.86. The van der Waals surface area contributed by atoms with Crippen molar-refractivity contribution in [1.82, 2.24) is 0 Å². The third-order valence-electron chi connectivity index (χ3n) is 2.31. The van der Waals surface area contributed by atoms with Gasteiger partial charge in [0.1, 0.15) is 6.10 Å². The van der Waals surface area contributed by atoms with E-state index in [1.807, 2.05) is 0 Å². The van der Waals surface area contributed by atoms with Crippen molar-refractivity contribution in [1.29, 1.82) is 0 Å². The van der Waals surface area contributed by atoms with Gasteiger partial charge in [0, 0.05) is 11.3 Å². The van der Waals surface area contributed by atoms with Crippen molar-refractivity contribution in [2.75, 3.05) is 0 Å². The van der Waals surface area contributed by atoms with Gasteiger partial charge in [-0.3, -0.25) is 9.59 Å². The molecule has 0 spiro atoms.